The highest BCUT2D eigenvalue weighted by Gasteiger charge is 2.08. The van der Waals surface area contributed by atoms with Gasteiger partial charge in [0.1, 0.15) is 13.3 Å². The number of rotatable bonds is 3. The van der Waals surface area contributed by atoms with E-state index >= 15 is 0 Å². The van der Waals surface area contributed by atoms with Crippen molar-refractivity contribution in [1.29, 1.82) is 0 Å². The third-order valence-corrected chi connectivity index (χ3v) is 0.700. The maximum Gasteiger partial charge on any atom is 0.405 e. The van der Waals surface area contributed by atoms with Gasteiger partial charge in [-0.2, -0.15) is 0 Å². The molecule has 0 aliphatic carbocycles. The number of amides is 1. The lowest BCUT2D eigenvalue weighted by Crippen LogP contribution is -2.36. The Balaban J connectivity index is 3.43. The van der Waals surface area contributed by atoms with E-state index in [4.69, 9.17) is 5.11 Å². The Morgan fingerprint density at radius 2 is 2.00 bits per heavy atom. The van der Waals surface area contributed by atoms with E-state index in [1.54, 1.807) is 5.32 Å². The number of nitrogens with one attached hydrogen (secondary N) is 1. The standard InChI is InChI=1S/C4H7F2NO2/c5-1-3(2-6)7-4(8)9/h3,7H,1-2H2,(H,8,9). The van der Waals surface area contributed by atoms with Gasteiger partial charge in [-0.05, 0) is 0 Å². The van der Waals surface area contributed by atoms with Crippen molar-refractivity contribution in [2.45, 2.75) is 6.04 Å². The van der Waals surface area contributed by atoms with Gasteiger partial charge in [0.25, 0.3) is 0 Å². The molecule has 2 N–H and O–H groups in total. The van der Waals surface area contributed by atoms with Gasteiger partial charge in [-0.3, -0.25) is 0 Å². The van der Waals surface area contributed by atoms with Crippen molar-refractivity contribution in [3.8, 4) is 0 Å². The van der Waals surface area contributed by atoms with Crippen LogP contribution in [0.1, 0.15) is 0 Å². The van der Waals surface area contributed by atoms with Gasteiger partial charge in [-0.1, -0.05) is 0 Å². The molecule has 3 nitrogen and oxygen atoms in total. The van der Waals surface area contributed by atoms with Gasteiger partial charge in [0.2, 0.25) is 0 Å². The predicted molar refractivity (Wildman–Crippen MR) is 26.9 cm³/mol. The molecule has 0 atom stereocenters. The molecule has 0 aromatic rings. The van der Waals surface area contributed by atoms with Crippen LogP contribution in [0.3, 0.4) is 0 Å². The topological polar surface area (TPSA) is 49.3 Å². The van der Waals surface area contributed by atoms with Crippen LogP contribution in [0, 0.1) is 0 Å². The van der Waals surface area contributed by atoms with Gasteiger partial charge in [0.05, 0.1) is 6.04 Å². The average Bonchev–Trinajstić information content (AvgIpc) is 1.82. The molecule has 54 valence electrons. The van der Waals surface area contributed by atoms with Gasteiger partial charge < -0.3 is 10.4 Å². The van der Waals surface area contributed by atoms with Crippen molar-refractivity contribution >= 4 is 6.09 Å². The smallest absolute Gasteiger partial charge is 0.405 e. The van der Waals surface area contributed by atoms with Gasteiger partial charge >= 0.3 is 6.09 Å². The van der Waals surface area contributed by atoms with E-state index in [-0.39, 0.29) is 0 Å². The second kappa shape index (κ2) is 4.05. The zero-order valence-corrected chi connectivity index (χ0v) is 4.60. The molecule has 0 saturated heterocycles. The van der Waals surface area contributed by atoms with E-state index in [0.29, 0.717) is 0 Å². The lowest BCUT2D eigenvalue weighted by atomic mass is 10.4. The SMILES string of the molecule is O=C(O)NC(CF)CF. The van der Waals surface area contributed by atoms with E-state index in [0.717, 1.165) is 0 Å². The molecule has 9 heavy (non-hydrogen) atoms. The van der Waals surface area contributed by atoms with Crippen molar-refractivity contribution in [2.75, 3.05) is 13.3 Å². The summed E-state index contributed by atoms with van der Waals surface area (Å²) in [5.74, 6) is 0. The van der Waals surface area contributed by atoms with Crippen LogP contribution in [-0.4, -0.2) is 30.6 Å². The molecule has 0 unspecified atom stereocenters. The highest BCUT2D eigenvalue weighted by Crippen LogP contribution is 1.85. The molecule has 0 rings (SSSR count). The van der Waals surface area contributed by atoms with Crippen molar-refractivity contribution in [1.82, 2.24) is 5.32 Å². The number of carbonyl (C=O) groups is 1. The molecule has 0 saturated carbocycles. The molecular formula is C4H7F2NO2. The number of halogens is 2. The van der Waals surface area contributed by atoms with Crippen molar-refractivity contribution in [3.63, 3.8) is 0 Å². The largest absolute Gasteiger partial charge is 0.465 e. The fourth-order valence-corrected chi connectivity index (χ4v) is 0.293. The average molecular weight is 139 g/mol. The molecule has 0 radical (unpaired) electrons. The van der Waals surface area contributed by atoms with Crippen LogP contribution in [0.4, 0.5) is 13.6 Å². The van der Waals surface area contributed by atoms with E-state index in [1.807, 2.05) is 0 Å². The van der Waals surface area contributed by atoms with Gasteiger partial charge in [-0.25, -0.2) is 13.6 Å². The Hall–Kier alpha value is -0.870. The van der Waals surface area contributed by atoms with Crippen LogP contribution in [0.15, 0.2) is 0 Å². The molecule has 0 aromatic carbocycles. The van der Waals surface area contributed by atoms with E-state index in [9.17, 15) is 13.6 Å². The highest BCUT2D eigenvalue weighted by atomic mass is 19.1. The first kappa shape index (κ1) is 8.13. The summed E-state index contributed by atoms with van der Waals surface area (Å²) in [7, 11) is 0. The van der Waals surface area contributed by atoms with Crippen LogP contribution >= 0.6 is 0 Å². The molecule has 0 bridgehead atoms. The van der Waals surface area contributed by atoms with Crippen LogP contribution in [0.5, 0.6) is 0 Å². The molecular weight excluding hydrogens is 132 g/mol. The Morgan fingerprint density at radius 1 is 1.56 bits per heavy atom. The Morgan fingerprint density at radius 3 is 2.11 bits per heavy atom. The Labute approximate surface area is 50.7 Å². The molecule has 0 aromatic heterocycles. The Bertz CT molecular complexity index is 94.6. The van der Waals surface area contributed by atoms with Crippen LogP contribution in [0.25, 0.3) is 0 Å². The summed E-state index contributed by atoms with van der Waals surface area (Å²) < 4.78 is 22.9. The van der Waals surface area contributed by atoms with Crippen molar-refractivity contribution in [3.05, 3.63) is 0 Å². The summed E-state index contributed by atoms with van der Waals surface area (Å²) in [6.07, 6.45) is -1.41. The summed E-state index contributed by atoms with van der Waals surface area (Å²) in [4.78, 5) is 9.68. The monoisotopic (exact) mass is 139 g/mol. The van der Waals surface area contributed by atoms with Crippen LogP contribution in [0.2, 0.25) is 0 Å². The number of hydrogen-bond acceptors (Lipinski definition) is 1. The van der Waals surface area contributed by atoms with E-state index in [2.05, 4.69) is 0 Å². The summed E-state index contributed by atoms with van der Waals surface area (Å²) in [5.41, 5.74) is 0. The predicted octanol–water partition coefficient (Wildman–Crippen LogP) is 0.562. The molecule has 0 fully saturated rings. The summed E-state index contributed by atoms with van der Waals surface area (Å²) in [5, 5.41) is 9.55. The molecule has 1 amide bonds. The molecule has 0 aliphatic heterocycles. The number of carboxylic acid groups (broad SMARTS) is 1. The summed E-state index contributed by atoms with van der Waals surface area (Å²) in [6, 6.07) is -1.21. The number of hydrogen-bond donors (Lipinski definition) is 2. The van der Waals surface area contributed by atoms with E-state index in [1.165, 1.54) is 0 Å². The normalized spacial score (nSPS) is 9.67. The molecule has 5 heteroatoms. The first-order valence-corrected chi connectivity index (χ1v) is 2.32. The van der Waals surface area contributed by atoms with Gasteiger partial charge in [0, 0.05) is 0 Å². The fourth-order valence-electron chi connectivity index (χ4n) is 0.293. The van der Waals surface area contributed by atoms with Crippen molar-refractivity contribution < 1.29 is 18.7 Å². The zero-order valence-electron chi connectivity index (χ0n) is 4.60. The lowest BCUT2D eigenvalue weighted by Gasteiger charge is -2.06. The fraction of sp³-hybridized carbons (Fsp3) is 0.750. The second-order valence-corrected chi connectivity index (χ2v) is 1.46. The first-order valence-electron chi connectivity index (χ1n) is 2.32. The van der Waals surface area contributed by atoms with Crippen LogP contribution < -0.4 is 5.32 Å². The zero-order chi connectivity index (χ0) is 7.28. The Kier molecular flexibility index (Phi) is 3.66. The molecule has 0 heterocycles. The maximum atomic E-state index is 11.5. The minimum Gasteiger partial charge on any atom is -0.465 e. The highest BCUT2D eigenvalue weighted by molar-refractivity contribution is 5.64. The molecule has 0 spiro atoms. The maximum absolute atomic E-state index is 11.5. The summed E-state index contributed by atoms with van der Waals surface area (Å²) >= 11 is 0. The summed E-state index contributed by atoms with van der Waals surface area (Å²) in [6.45, 7) is -2.02. The first-order chi connectivity index (χ1) is 4.20. The van der Waals surface area contributed by atoms with Crippen LogP contribution in [-0.2, 0) is 0 Å². The minimum atomic E-state index is -1.41. The van der Waals surface area contributed by atoms with Crippen molar-refractivity contribution in [2.24, 2.45) is 0 Å². The number of alkyl halides is 2. The lowest BCUT2D eigenvalue weighted by molar-refractivity contribution is 0.182. The third-order valence-electron chi connectivity index (χ3n) is 0.700. The second-order valence-electron chi connectivity index (χ2n) is 1.46. The third kappa shape index (κ3) is 3.69. The molecule has 0 aliphatic rings. The van der Waals surface area contributed by atoms with Gasteiger partial charge in [0.15, 0.2) is 0 Å². The quantitative estimate of drug-likeness (QED) is 0.600. The van der Waals surface area contributed by atoms with Gasteiger partial charge in [-0.15, -0.1) is 0 Å². The minimum absolute atomic E-state index is 1.01. The van der Waals surface area contributed by atoms with E-state index < -0.39 is 25.5 Å².